The highest BCUT2D eigenvalue weighted by Crippen LogP contribution is 2.30. The smallest absolute Gasteiger partial charge is 0.340 e. The van der Waals surface area contributed by atoms with Gasteiger partial charge in [-0.2, -0.15) is 0 Å². The summed E-state index contributed by atoms with van der Waals surface area (Å²) in [6, 6.07) is 18.0. The van der Waals surface area contributed by atoms with Crippen molar-refractivity contribution in [2.75, 3.05) is 11.9 Å². The van der Waals surface area contributed by atoms with Crippen molar-refractivity contribution >= 4 is 52.4 Å². The molecule has 7 nitrogen and oxygen atoms in total. The van der Waals surface area contributed by atoms with E-state index >= 15 is 0 Å². The van der Waals surface area contributed by atoms with E-state index in [9.17, 15) is 18.8 Å². The van der Waals surface area contributed by atoms with Crippen LogP contribution in [0.5, 0.6) is 0 Å². The summed E-state index contributed by atoms with van der Waals surface area (Å²) in [5, 5.41) is 17.4. The molecule has 0 bridgehead atoms. The number of carboxylic acids is 1. The van der Waals surface area contributed by atoms with Crippen LogP contribution in [0.4, 0.5) is 14.9 Å². The lowest BCUT2D eigenvalue weighted by atomic mass is 9.91. The number of carbonyl (C=O) groups is 3. The predicted octanol–water partition coefficient (Wildman–Crippen LogP) is 7.01. The molecule has 4 rings (SSSR count). The number of urea groups is 1. The standard InChI is InChI=1S/C30H28Cl2FN3O4/c31-23-14-24(32)16-25(15-23)35-30(40)36-27(20-8-6-19(7-9-20)18-4-2-1-3-5-18)21-10-12-22(13-11-21)28(37)34-17-26(33)29(38)39/h4,6-16,26-27H,1-3,5,17H2,(H,34,37)(H,38,39)(H2,35,36,40). The molecular weight excluding hydrogens is 556 g/mol. The molecule has 3 amide bonds. The van der Waals surface area contributed by atoms with Crippen molar-refractivity contribution in [3.63, 3.8) is 0 Å². The van der Waals surface area contributed by atoms with Crippen LogP contribution in [0, 0.1) is 0 Å². The van der Waals surface area contributed by atoms with Gasteiger partial charge in [0.05, 0.1) is 12.6 Å². The Kier molecular flexibility index (Phi) is 9.79. The summed E-state index contributed by atoms with van der Waals surface area (Å²) >= 11 is 12.1. The molecule has 208 valence electrons. The van der Waals surface area contributed by atoms with E-state index in [1.807, 2.05) is 24.3 Å². The summed E-state index contributed by atoms with van der Waals surface area (Å²) in [5.41, 5.74) is 4.60. The van der Waals surface area contributed by atoms with Gasteiger partial charge < -0.3 is 21.1 Å². The van der Waals surface area contributed by atoms with Crippen molar-refractivity contribution in [3.8, 4) is 0 Å². The van der Waals surface area contributed by atoms with E-state index in [1.54, 1.807) is 30.3 Å². The summed E-state index contributed by atoms with van der Waals surface area (Å²) in [4.78, 5) is 36.1. The number of amides is 3. The first-order chi connectivity index (χ1) is 19.2. The molecule has 0 aromatic heterocycles. The van der Waals surface area contributed by atoms with E-state index in [4.69, 9.17) is 28.3 Å². The number of anilines is 1. The molecule has 4 N–H and O–H groups in total. The minimum Gasteiger partial charge on any atom is -0.479 e. The number of allylic oxidation sites excluding steroid dienone is 2. The van der Waals surface area contributed by atoms with Gasteiger partial charge in [0.15, 0.2) is 0 Å². The molecule has 3 aromatic carbocycles. The maximum Gasteiger partial charge on any atom is 0.340 e. The molecule has 2 atom stereocenters. The average Bonchev–Trinajstić information content (AvgIpc) is 2.94. The second kappa shape index (κ2) is 13.5. The van der Waals surface area contributed by atoms with Crippen LogP contribution in [-0.4, -0.2) is 35.7 Å². The Morgan fingerprint density at radius 3 is 2.10 bits per heavy atom. The zero-order valence-corrected chi connectivity index (χ0v) is 22.9. The van der Waals surface area contributed by atoms with E-state index in [1.165, 1.54) is 24.1 Å². The number of nitrogens with one attached hydrogen (secondary N) is 3. The fourth-order valence-corrected chi connectivity index (χ4v) is 5.00. The highest BCUT2D eigenvalue weighted by atomic mass is 35.5. The average molecular weight is 584 g/mol. The minimum absolute atomic E-state index is 0.220. The fourth-order valence-electron chi connectivity index (χ4n) is 4.47. The number of carbonyl (C=O) groups excluding carboxylic acids is 2. The highest BCUT2D eigenvalue weighted by molar-refractivity contribution is 6.35. The van der Waals surface area contributed by atoms with Gasteiger partial charge in [0.25, 0.3) is 5.91 Å². The van der Waals surface area contributed by atoms with Crippen molar-refractivity contribution in [1.29, 1.82) is 0 Å². The van der Waals surface area contributed by atoms with Gasteiger partial charge in [-0.25, -0.2) is 14.0 Å². The lowest BCUT2D eigenvalue weighted by molar-refractivity contribution is -0.142. The molecule has 0 heterocycles. The Morgan fingerprint density at radius 1 is 0.900 bits per heavy atom. The van der Waals surface area contributed by atoms with Gasteiger partial charge in [-0.3, -0.25) is 4.79 Å². The van der Waals surface area contributed by atoms with Gasteiger partial charge in [0.1, 0.15) is 0 Å². The Labute approximate surface area is 241 Å². The number of halogens is 3. The second-order valence-corrected chi connectivity index (χ2v) is 10.3. The van der Waals surface area contributed by atoms with Crippen LogP contribution in [0.15, 0.2) is 72.8 Å². The van der Waals surface area contributed by atoms with E-state index in [2.05, 4.69) is 22.0 Å². The van der Waals surface area contributed by atoms with Crippen molar-refractivity contribution in [2.24, 2.45) is 0 Å². The Morgan fingerprint density at radius 2 is 1.52 bits per heavy atom. The molecule has 1 aliphatic rings. The molecule has 3 aromatic rings. The maximum absolute atomic E-state index is 13.3. The predicted molar refractivity (Wildman–Crippen MR) is 155 cm³/mol. The number of benzene rings is 3. The summed E-state index contributed by atoms with van der Waals surface area (Å²) in [6.45, 7) is -0.642. The third-order valence-electron chi connectivity index (χ3n) is 6.52. The summed E-state index contributed by atoms with van der Waals surface area (Å²) in [5.74, 6) is -2.26. The number of hydrogen-bond acceptors (Lipinski definition) is 3. The van der Waals surface area contributed by atoms with Crippen LogP contribution < -0.4 is 16.0 Å². The van der Waals surface area contributed by atoms with Gasteiger partial charge in [-0.1, -0.05) is 65.7 Å². The first-order valence-corrected chi connectivity index (χ1v) is 13.5. The normalized spacial score (nSPS) is 14.4. The highest BCUT2D eigenvalue weighted by Gasteiger charge is 2.20. The Hall–Kier alpha value is -3.88. The largest absolute Gasteiger partial charge is 0.479 e. The molecule has 0 radical (unpaired) electrons. The number of aliphatic carboxylic acids is 1. The number of carboxylic acid groups (broad SMARTS) is 1. The number of hydrogen-bond donors (Lipinski definition) is 4. The van der Waals surface area contributed by atoms with Gasteiger partial charge in [-0.05, 0) is 78.3 Å². The fraction of sp³-hybridized carbons (Fsp3) is 0.233. The monoisotopic (exact) mass is 583 g/mol. The SMILES string of the molecule is O=C(Nc1cc(Cl)cc(Cl)c1)NC(c1ccc(C(=O)NCC(F)C(=O)O)cc1)c1ccc(C2=CCCCC2)cc1. The third kappa shape index (κ3) is 7.83. The van der Waals surface area contributed by atoms with E-state index in [0.717, 1.165) is 30.4 Å². The van der Waals surface area contributed by atoms with Crippen LogP contribution >= 0.6 is 23.2 Å². The zero-order chi connectivity index (χ0) is 28.6. The zero-order valence-electron chi connectivity index (χ0n) is 21.4. The van der Waals surface area contributed by atoms with Crippen molar-refractivity contribution in [1.82, 2.24) is 10.6 Å². The third-order valence-corrected chi connectivity index (χ3v) is 6.95. The molecular formula is C30H28Cl2FN3O4. The molecule has 0 fully saturated rings. The molecule has 0 saturated carbocycles. The van der Waals surface area contributed by atoms with Crippen LogP contribution in [-0.2, 0) is 4.79 Å². The molecule has 0 saturated heterocycles. The van der Waals surface area contributed by atoms with Gasteiger partial charge in [-0.15, -0.1) is 0 Å². The molecule has 2 unspecified atom stereocenters. The lowest BCUT2D eigenvalue weighted by Gasteiger charge is -2.21. The minimum atomic E-state index is -2.20. The molecule has 10 heteroatoms. The molecule has 0 spiro atoms. The molecule has 1 aliphatic carbocycles. The van der Waals surface area contributed by atoms with Crippen LogP contribution in [0.25, 0.3) is 5.57 Å². The van der Waals surface area contributed by atoms with Crippen LogP contribution in [0.3, 0.4) is 0 Å². The second-order valence-electron chi connectivity index (χ2n) is 9.42. The van der Waals surface area contributed by atoms with Crippen LogP contribution in [0.1, 0.15) is 58.8 Å². The topological polar surface area (TPSA) is 108 Å². The molecule has 0 aliphatic heterocycles. The Balaban J connectivity index is 1.56. The van der Waals surface area contributed by atoms with E-state index in [0.29, 0.717) is 21.3 Å². The molecule has 40 heavy (non-hydrogen) atoms. The van der Waals surface area contributed by atoms with Crippen molar-refractivity contribution in [3.05, 3.63) is 105 Å². The van der Waals surface area contributed by atoms with Crippen molar-refractivity contribution < 1.29 is 23.9 Å². The van der Waals surface area contributed by atoms with Gasteiger partial charge >= 0.3 is 12.0 Å². The summed E-state index contributed by atoms with van der Waals surface area (Å²) < 4.78 is 13.3. The first kappa shape index (κ1) is 29.1. The van der Waals surface area contributed by atoms with Crippen molar-refractivity contribution in [2.45, 2.75) is 37.9 Å². The van der Waals surface area contributed by atoms with E-state index < -0.39 is 36.7 Å². The quantitative estimate of drug-likeness (QED) is 0.217. The lowest BCUT2D eigenvalue weighted by Crippen LogP contribution is -2.34. The van der Waals surface area contributed by atoms with Gasteiger partial charge in [0.2, 0.25) is 6.17 Å². The summed E-state index contributed by atoms with van der Waals surface area (Å²) in [6.07, 6.45) is 4.53. The Bertz CT molecular complexity index is 1390. The van der Waals surface area contributed by atoms with E-state index in [-0.39, 0.29) is 5.56 Å². The summed E-state index contributed by atoms with van der Waals surface area (Å²) in [7, 11) is 0. The van der Waals surface area contributed by atoms with Crippen LogP contribution in [0.2, 0.25) is 10.0 Å². The number of alkyl halides is 1. The van der Waals surface area contributed by atoms with Gasteiger partial charge in [0, 0.05) is 21.3 Å². The number of rotatable bonds is 9. The maximum atomic E-state index is 13.3. The first-order valence-electron chi connectivity index (χ1n) is 12.8.